The van der Waals surface area contributed by atoms with E-state index in [1.807, 2.05) is 0 Å². The molecule has 4 aliphatic rings. The van der Waals surface area contributed by atoms with Crippen LogP contribution in [0.2, 0.25) is 0 Å². The number of ketones is 3. The molecule has 4 aliphatic carbocycles. The van der Waals surface area contributed by atoms with Gasteiger partial charge in [-0.05, 0) is 48.9 Å². The molecular weight excluding hydrogens is 276 g/mol. The quantitative estimate of drug-likeness (QED) is 0.689. The fourth-order valence-electron chi connectivity index (χ4n) is 6.61. The van der Waals surface area contributed by atoms with Crippen LogP contribution in [0.3, 0.4) is 0 Å². The molecule has 0 aliphatic heterocycles. The summed E-state index contributed by atoms with van der Waals surface area (Å²) < 4.78 is 0. The van der Waals surface area contributed by atoms with Gasteiger partial charge in [0, 0.05) is 37.0 Å². The van der Waals surface area contributed by atoms with E-state index in [1.165, 1.54) is 0 Å². The highest BCUT2D eigenvalue weighted by Crippen LogP contribution is 2.64. The lowest BCUT2D eigenvalue weighted by atomic mass is 9.45. The molecule has 0 saturated heterocycles. The molecule has 0 spiro atoms. The van der Waals surface area contributed by atoms with Gasteiger partial charge in [0.25, 0.3) is 0 Å². The number of rotatable bonds is 0. The maximum Gasteiger partial charge on any atom is 0.139 e. The molecule has 120 valence electrons. The fraction of sp³-hybridized carbons (Fsp3) is 0.842. The highest BCUT2D eigenvalue weighted by Gasteiger charge is 2.62. The Kier molecular flexibility index (Phi) is 3.00. The zero-order chi connectivity index (χ0) is 15.7. The van der Waals surface area contributed by atoms with Crippen molar-refractivity contribution in [1.29, 1.82) is 0 Å². The standard InChI is InChI=1S/C19H26O3/c1-18-7-5-11(20)9-15(18)16(21)10-12-13-3-4-17(22)19(13,2)8-6-14(12)18/h12-15H,3-10H2,1-2H3/t12?,13?,14?,15-,18?,19+/m1/s1. The van der Waals surface area contributed by atoms with Crippen LogP contribution in [0.5, 0.6) is 0 Å². The predicted molar refractivity (Wildman–Crippen MR) is 82.1 cm³/mol. The third kappa shape index (κ3) is 1.71. The van der Waals surface area contributed by atoms with Crippen molar-refractivity contribution >= 4 is 17.3 Å². The first-order valence-electron chi connectivity index (χ1n) is 8.94. The number of carbonyl (C=O) groups excluding carboxylic acids is 3. The third-order valence-electron chi connectivity index (χ3n) is 7.99. The van der Waals surface area contributed by atoms with Gasteiger partial charge in [-0.3, -0.25) is 14.4 Å². The fourth-order valence-corrected chi connectivity index (χ4v) is 6.61. The van der Waals surface area contributed by atoms with Crippen molar-refractivity contribution in [2.24, 2.45) is 34.5 Å². The number of hydrogen-bond donors (Lipinski definition) is 0. The van der Waals surface area contributed by atoms with Gasteiger partial charge in [-0.1, -0.05) is 13.8 Å². The van der Waals surface area contributed by atoms with Gasteiger partial charge >= 0.3 is 0 Å². The van der Waals surface area contributed by atoms with Crippen LogP contribution in [-0.4, -0.2) is 17.3 Å². The predicted octanol–water partition coefficient (Wildman–Crippen LogP) is 3.35. The molecule has 0 radical (unpaired) electrons. The first-order valence-corrected chi connectivity index (χ1v) is 8.94. The van der Waals surface area contributed by atoms with Crippen molar-refractivity contribution in [2.75, 3.05) is 0 Å². The molecule has 4 rings (SSSR count). The zero-order valence-corrected chi connectivity index (χ0v) is 13.7. The molecule has 4 fully saturated rings. The van der Waals surface area contributed by atoms with Crippen LogP contribution in [0, 0.1) is 34.5 Å². The Morgan fingerprint density at radius 3 is 2.45 bits per heavy atom. The van der Waals surface area contributed by atoms with Crippen LogP contribution in [0.1, 0.15) is 65.2 Å². The van der Waals surface area contributed by atoms with Gasteiger partial charge in [0.2, 0.25) is 0 Å². The van der Waals surface area contributed by atoms with Crippen LogP contribution < -0.4 is 0 Å². The summed E-state index contributed by atoms with van der Waals surface area (Å²) in [6, 6.07) is 0. The number of Topliss-reactive ketones (excluding diaryl/α,β-unsaturated/α-hetero) is 3. The largest absolute Gasteiger partial charge is 0.300 e. The van der Waals surface area contributed by atoms with Crippen molar-refractivity contribution in [2.45, 2.75) is 65.2 Å². The van der Waals surface area contributed by atoms with Gasteiger partial charge in [0.05, 0.1) is 0 Å². The van der Waals surface area contributed by atoms with Crippen LogP contribution >= 0.6 is 0 Å². The van der Waals surface area contributed by atoms with Crippen molar-refractivity contribution in [3.63, 3.8) is 0 Å². The molecule has 4 unspecified atom stereocenters. The summed E-state index contributed by atoms with van der Waals surface area (Å²) >= 11 is 0. The van der Waals surface area contributed by atoms with Crippen LogP contribution in [0.15, 0.2) is 0 Å². The maximum atomic E-state index is 12.8. The molecule has 22 heavy (non-hydrogen) atoms. The van der Waals surface area contributed by atoms with E-state index in [-0.39, 0.29) is 22.5 Å². The van der Waals surface area contributed by atoms with E-state index in [9.17, 15) is 14.4 Å². The van der Waals surface area contributed by atoms with Gasteiger partial charge in [-0.2, -0.15) is 0 Å². The van der Waals surface area contributed by atoms with E-state index in [4.69, 9.17) is 0 Å². The molecule has 3 nitrogen and oxygen atoms in total. The first kappa shape index (κ1) is 14.6. The Hall–Kier alpha value is -0.990. The lowest BCUT2D eigenvalue weighted by Crippen LogP contribution is -2.56. The van der Waals surface area contributed by atoms with Gasteiger partial charge in [-0.25, -0.2) is 0 Å². The van der Waals surface area contributed by atoms with E-state index in [0.717, 1.165) is 25.7 Å². The zero-order valence-electron chi connectivity index (χ0n) is 13.7. The second-order valence-corrected chi connectivity index (χ2v) is 8.77. The molecule has 6 atom stereocenters. The van der Waals surface area contributed by atoms with Gasteiger partial charge in [-0.15, -0.1) is 0 Å². The van der Waals surface area contributed by atoms with Crippen LogP contribution in [0.4, 0.5) is 0 Å². The maximum absolute atomic E-state index is 12.8. The Bertz CT molecular complexity index is 565. The molecule has 0 N–H and O–H groups in total. The van der Waals surface area contributed by atoms with Crippen molar-refractivity contribution in [1.82, 2.24) is 0 Å². The SMILES string of the molecule is CC12CCC(=O)C[C@@H]1C(=O)CC1C2CC[C@]2(C)C(=O)CCC12. The first-order chi connectivity index (χ1) is 10.4. The van der Waals surface area contributed by atoms with Crippen LogP contribution in [-0.2, 0) is 14.4 Å². The average Bonchev–Trinajstić information content (AvgIpc) is 2.77. The summed E-state index contributed by atoms with van der Waals surface area (Å²) in [5.41, 5.74) is -0.171. The smallest absolute Gasteiger partial charge is 0.139 e. The Labute approximate surface area is 132 Å². The van der Waals surface area contributed by atoms with Gasteiger partial charge < -0.3 is 0 Å². The van der Waals surface area contributed by atoms with E-state index in [0.29, 0.717) is 55.0 Å². The summed E-state index contributed by atoms with van der Waals surface area (Å²) in [5.74, 6) is 2.27. The summed E-state index contributed by atoms with van der Waals surface area (Å²) in [5, 5.41) is 0. The Balaban J connectivity index is 1.71. The molecule has 0 heterocycles. The monoisotopic (exact) mass is 302 g/mol. The molecule has 0 amide bonds. The molecule has 3 heteroatoms. The summed E-state index contributed by atoms with van der Waals surface area (Å²) in [6.07, 6.45) is 6.34. The molecule has 4 saturated carbocycles. The normalized spacial score (nSPS) is 51.3. The van der Waals surface area contributed by atoms with Crippen molar-refractivity contribution < 1.29 is 14.4 Å². The van der Waals surface area contributed by atoms with E-state index in [1.54, 1.807) is 0 Å². The molecule has 0 bridgehead atoms. The minimum absolute atomic E-state index is 0.000871. The molecule has 0 aromatic carbocycles. The minimum atomic E-state index is -0.171. The van der Waals surface area contributed by atoms with E-state index >= 15 is 0 Å². The second-order valence-electron chi connectivity index (χ2n) is 8.77. The van der Waals surface area contributed by atoms with E-state index < -0.39 is 0 Å². The topological polar surface area (TPSA) is 51.2 Å². The van der Waals surface area contributed by atoms with Crippen molar-refractivity contribution in [3.05, 3.63) is 0 Å². The highest BCUT2D eigenvalue weighted by atomic mass is 16.1. The summed E-state index contributed by atoms with van der Waals surface area (Å²) in [7, 11) is 0. The number of carbonyl (C=O) groups is 3. The van der Waals surface area contributed by atoms with Crippen molar-refractivity contribution in [3.8, 4) is 0 Å². The highest BCUT2D eigenvalue weighted by molar-refractivity contribution is 5.91. The molecular formula is C19H26O3. The van der Waals surface area contributed by atoms with E-state index in [2.05, 4.69) is 13.8 Å². The van der Waals surface area contributed by atoms with Gasteiger partial charge in [0.15, 0.2) is 0 Å². The minimum Gasteiger partial charge on any atom is -0.300 e. The molecule has 0 aromatic rings. The average molecular weight is 302 g/mol. The third-order valence-corrected chi connectivity index (χ3v) is 7.99. The Morgan fingerprint density at radius 2 is 1.68 bits per heavy atom. The summed E-state index contributed by atoms with van der Waals surface area (Å²) in [4.78, 5) is 37.0. The number of hydrogen-bond acceptors (Lipinski definition) is 3. The molecule has 0 aromatic heterocycles. The number of fused-ring (bicyclic) bond motifs is 5. The lowest BCUT2D eigenvalue weighted by Gasteiger charge is -2.58. The lowest BCUT2D eigenvalue weighted by molar-refractivity contribution is -0.159. The second kappa shape index (κ2) is 4.52. The van der Waals surface area contributed by atoms with Crippen LogP contribution in [0.25, 0.3) is 0 Å². The van der Waals surface area contributed by atoms with Gasteiger partial charge in [0.1, 0.15) is 17.3 Å². The summed E-state index contributed by atoms with van der Waals surface area (Å²) in [6.45, 7) is 4.41. The Morgan fingerprint density at radius 1 is 0.909 bits per heavy atom.